The van der Waals surface area contributed by atoms with Crippen molar-refractivity contribution in [2.75, 3.05) is 6.61 Å². The average molecular weight is 311 g/mol. The van der Waals surface area contributed by atoms with E-state index in [1.165, 1.54) is 0 Å². The maximum Gasteiger partial charge on any atom is 0.223 e. The van der Waals surface area contributed by atoms with Crippen LogP contribution in [0.15, 0.2) is 54.6 Å². The number of rotatable bonds is 5. The number of para-hydroxylation sites is 1. The minimum absolute atomic E-state index is 0.0450. The van der Waals surface area contributed by atoms with E-state index < -0.39 is 6.10 Å². The third kappa shape index (κ3) is 4.11. The van der Waals surface area contributed by atoms with Crippen LogP contribution in [0.25, 0.3) is 0 Å². The third-order valence-corrected chi connectivity index (χ3v) is 4.03. The number of nitrogens with one attached hydrogen (secondary N) is 1. The Kier molecular flexibility index (Phi) is 4.93. The topological polar surface area (TPSA) is 58.6 Å². The van der Waals surface area contributed by atoms with E-state index in [4.69, 9.17) is 4.74 Å². The van der Waals surface area contributed by atoms with Gasteiger partial charge in [0.05, 0.1) is 25.2 Å². The van der Waals surface area contributed by atoms with E-state index in [1.54, 1.807) is 0 Å². The van der Waals surface area contributed by atoms with E-state index in [2.05, 4.69) is 5.32 Å². The van der Waals surface area contributed by atoms with E-state index in [0.29, 0.717) is 13.0 Å². The summed E-state index contributed by atoms with van der Waals surface area (Å²) >= 11 is 0. The molecule has 0 saturated carbocycles. The molecule has 0 fully saturated rings. The van der Waals surface area contributed by atoms with Gasteiger partial charge in [-0.2, -0.15) is 0 Å². The molecule has 3 rings (SSSR count). The zero-order valence-corrected chi connectivity index (χ0v) is 12.9. The minimum Gasteiger partial charge on any atom is -0.493 e. The fourth-order valence-electron chi connectivity index (χ4n) is 2.92. The molecule has 120 valence electrons. The SMILES string of the molecule is O=C(CC(O)Cc1ccccc1)NC1CCOc2ccccc21. The van der Waals surface area contributed by atoms with Crippen molar-refractivity contribution in [2.45, 2.75) is 31.4 Å². The highest BCUT2D eigenvalue weighted by atomic mass is 16.5. The third-order valence-electron chi connectivity index (χ3n) is 4.03. The summed E-state index contributed by atoms with van der Waals surface area (Å²) in [6.45, 7) is 0.592. The van der Waals surface area contributed by atoms with Crippen LogP contribution in [0.1, 0.15) is 30.0 Å². The quantitative estimate of drug-likeness (QED) is 0.892. The molecule has 1 heterocycles. The molecule has 0 aliphatic carbocycles. The lowest BCUT2D eigenvalue weighted by Gasteiger charge is -2.27. The summed E-state index contributed by atoms with van der Waals surface area (Å²) in [7, 11) is 0. The number of hydrogen-bond donors (Lipinski definition) is 2. The number of amides is 1. The molecule has 0 saturated heterocycles. The molecular formula is C19H21NO3. The van der Waals surface area contributed by atoms with Gasteiger partial charge in [-0.15, -0.1) is 0 Å². The highest BCUT2D eigenvalue weighted by molar-refractivity contribution is 5.77. The van der Waals surface area contributed by atoms with E-state index in [1.807, 2.05) is 54.6 Å². The highest BCUT2D eigenvalue weighted by Crippen LogP contribution is 2.31. The van der Waals surface area contributed by atoms with Gasteiger partial charge in [0.25, 0.3) is 0 Å². The Bertz CT molecular complexity index is 657. The maximum absolute atomic E-state index is 12.2. The van der Waals surface area contributed by atoms with Gasteiger partial charge < -0.3 is 15.2 Å². The molecule has 2 atom stereocenters. The number of aliphatic hydroxyl groups excluding tert-OH is 1. The molecular weight excluding hydrogens is 290 g/mol. The van der Waals surface area contributed by atoms with E-state index in [-0.39, 0.29) is 18.4 Å². The summed E-state index contributed by atoms with van der Waals surface area (Å²) in [4.78, 5) is 12.2. The molecule has 2 aromatic rings. The van der Waals surface area contributed by atoms with E-state index in [9.17, 15) is 9.90 Å². The normalized spacial score (nSPS) is 17.7. The van der Waals surface area contributed by atoms with Crippen LogP contribution >= 0.6 is 0 Å². The monoisotopic (exact) mass is 311 g/mol. The Morgan fingerprint density at radius 3 is 2.74 bits per heavy atom. The minimum atomic E-state index is -0.674. The summed E-state index contributed by atoms with van der Waals surface area (Å²) in [5, 5.41) is 13.1. The number of hydrogen-bond acceptors (Lipinski definition) is 3. The summed E-state index contributed by atoms with van der Waals surface area (Å²) < 4.78 is 5.59. The Balaban J connectivity index is 1.56. The molecule has 0 spiro atoms. The van der Waals surface area contributed by atoms with E-state index in [0.717, 1.165) is 23.3 Å². The molecule has 2 unspecified atom stereocenters. The Morgan fingerprint density at radius 2 is 1.91 bits per heavy atom. The van der Waals surface area contributed by atoms with Gasteiger partial charge in [0.2, 0.25) is 5.91 Å². The van der Waals surface area contributed by atoms with Crippen molar-refractivity contribution in [1.29, 1.82) is 0 Å². The fraction of sp³-hybridized carbons (Fsp3) is 0.316. The number of carbonyl (C=O) groups is 1. The zero-order chi connectivity index (χ0) is 16.1. The highest BCUT2D eigenvalue weighted by Gasteiger charge is 2.23. The summed E-state index contributed by atoms with van der Waals surface area (Å²) in [6.07, 6.45) is 0.664. The second kappa shape index (κ2) is 7.29. The first-order chi connectivity index (χ1) is 11.2. The zero-order valence-electron chi connectivity index (χ0n) is 12.9. The molecule has 0 bridgehead atoms. The van der Waals surface area contributed by atoms with E-state index >= 15 is 0 Å². The standard InChI is InChI=1S/C19H21NO3/c21-15(12-14-6-2-1-3-7-14)13-19(22)20-17-10-11-23-18-9-5-4-8-16(17)18/h1-9,15,17,21H,10-13H2,(H,20,22). The van der Waals surface area contributed by atoms with Crippen molar-refractivity contribution in [2.24, 2.45) is 0 Å². The summed E-state index contributed by atoms with van der Waals surface area (Å²) in [6, 6.07) is 17.4. The molecule has 4 heteroatoms. The van der Waals surface area contributed by atoms with Crippen LogP contribution in [-0.4, -0.2) is 23.7 Å². The molecule has 2 N–H and O–H groups in total. The second-order valence-corrected chi connectivity index (χ2v) is 5.84. The predicted molar refractivity (Wildman–Crippen MR) is 88.2 cm³/mol. The Hall–Kier alpha value is -2.33. The van der Waals surface area contributed by atoms with Gasteiger partial charge in [-0.3, -0.25) is 4.79 Å². The average Bonchev–Trinajstić information content (AvgIpc) is 2.56. The van der Waals surface area contributed by atoms with Crippen molar-refractivity contribution >= 4 is 5.91 Å². The fourth-order valence-corrected chi connectivity index (χ4v) is 2.92. The van der Waals surface area contributed by atoms with Gasteiger partial charge in [0.1, 0.15) is 5.75 Å². The predicted octanol–water partition coefficient (Wildman–Crippen LogP) is 2.62. The largest absolute Gasteiger partial charge is 0.493 e. The van der Waals surface area contributed by atoms with Crippen LogP contribution in [0.3, 0.4) is 0 Å². The van der Waals surface area contributed by atoms with Crippen molar-refractivity contribution in [3.8, 4) is 5.75 Å². The number of benzene rings is 2. The van der Waals surface area contributed by atoms with Crippen LogP contribution in [0, 0.1) is 0 Å². The second-order valence-electron chi connectivity index (χ2n) is 5.84. The first-order valence-electron chi connectivity index (χ1n) is 7.95. The lowest BCUT2D eigenvalue weighted by molar-refractivity contribution is -0.123. The maximum atomic E-state index is 12.2. The molecule has 0 radical (unpaired) electrons. The number of carbonyl (C=O) groups excluding carboxylic acids is 1. The first kappa shape index (κ1) is 15.6. The van der Waals surface area contributed by atoms with Crippen molar-refractivity contribution in [3.05, 3.63) is 65.7 Å². The van der Waals surface area contributed by atoms with Gasteiger partial charge in [-0.05, 0) is 18.1 Å². The molecule has 2 aromatic carbocycles. The lowest BCUT2D eigenvalue weighted by atomic mass is 10.00. The molecule has 4 nitrogen and oxygen atoms in total. The Morgan fingerprint density at radius 1 is 1.17 bits per heavy atom. The number of aliphatic hydroxyl groups is 1. The summed E-state index contributed by atoms with van der Waals surface area (Å²) in [5.41, 5.74) is 2.04. The number of ether oxygens (including phenoxy) is 1. The molecule has 1 aliphatic heterocycles. The molecule has 1 amide bonds. The van der Waals surface area contributed by atoms with Crippen molar-refractivity contribution in [1.82, 2.24) is 5.32 Å². The number of fused-ring (bicyclic) bond motifs is 1. The van der Waals surface area contributed by atoms with Gasteiger partial charge in [0, 0.05) is 12.0 Å². The molecule has 23 heavy (non-hydrogen) atoms. The first-order valence-corrected chi connectivity index (χ1v) is 7.95. The van der Waals surface area contributed by atoms with Crippen molar-refractivity contribution < 1.29 is 14.6 Å². The van der Waals surface area contributed by atoms with Crippen molar-refractivity contribution in [3.63, 3.8) is 0 Å². The van der Waals surface area contributed by atoms with Crippen LogP contribution in [-0.2, 0) is 11.2 Å². The smallest absolute Gasteiger partial charge is 0.223 e. The van der Waals surface area contributed by atoms with Crippen LogP contribution in [0.5, 0.6) is 5.75 Å². The lowest BCUT2D eigenvalue weighted by Crippen LogP contribution is -2.34. The van der Waals surface area contributed by atoms with Crippen LogP contribution in [0.4, 0.5) is 0 Å². The molecule has 0 aromatic heterocycles. The molecule has 1 aliphatic rings. The Labute approximate surface area is 136 Å². The van der Waals surface area contributed by atoms with Gasteiger partial charge >= 0.3 is 0 Å². The van der Waals surface area contributed by atoms with Crippen LogP contribution in [0.2, 0.25) is 0 Å². The van der Waals surface area contributed by atoms with Gasteiger partial charge in [-0.1, -0.05) is 48.5 Å². The van der Waals surface area contributed by atoms with Gasteiger partial charge in [0.15, 0.2) is 0 Å². The van der Waals surface area contributed by atoms with Crippen LogP contribution < -0.4 is 10.1 Å². The summed E-state index contributed by atoms with van der Waals surface area (Å²) in [5.74, 6) is 0.698. The van der Waals surface area contributed by atoms with Gasteiger partial charge in [-0.25, -0.2) is 0 Å².